The summed E-state index contributed by atoms with van der Waals surface area (Å²) in [6.07, 6.45) is 5.45. The SMILES string of the molecule is Nc1nc(SCC(=O)Nc2ccc(F)c(F)c2F)nc2sc3c(c12)CCCCC3. The summed E-state index contributed by atoms with van der Waals surface area (Å²) in [6.45, 7) is 0. The average Bonchev–Trinajstić information content (AvgIpc) is 2.89. The third-order valence-corrected chi connectivity index (χ3v) is 6.75. The van der Waals surface area contributed by atoms with Crippen molar-refractivity contribution in [1.82, 2.24) is 9.97 Å². The molecule has 0 saturated heterocycles. The zero-order valence-corrected chi connectivity index (χ0v) is 16.9. The number of carbonyl (C=O) groups excluding carboxylic acids is 1. The van der Waals surface area contributed by atoms with Gasteiger partial charge in [0.15, 0.2) is 22.6 Å². The lowest BCUT2D eigenvalue weighted by Gasteiger charge is -2.07. The van der Waals surface area contributed by atoms with Gasteiger partial charge in [-0.25, -0.2) is 23.1 Å². The van der Waals surface area contributed by atoms with Gasteiger partial charge in [-0.1, -0.05) is 18.2 Å². The van der Waals surface area contributed by atoms with E-state index in [1.165, 1.54) is 16.9 Å². The number of anilines is 2. The van der Waals surface area contributed by atoms with Gasteiger partial charge in [0.1, 0.15) is 10.6 Å². The minimum absolute atomic E-state index is 0.130. The van der Waals surface area contributed by atoms with Crippen molar-refractivity contribution in [3.63, 3.8) is 0 Å². The van der Waals surface area contributed by atoms with Gasteiger partial charge in [-0.05, 0) is 43.4 Å². The second-order valence-electron chi connectivity index (χ2n) is 6.70. The number of hydrogen-bond acceptors (Lipinski definition) is 6. The zero-order valence-electron chi connectivity index (χ0n) is 15.2. The Labute approximate surface area is 172 Å². The number of nitrogens with one attached hydrogen (secondary N) is 1. The maximum absolute atomic E-state index is 13.7. The Kier molecular flexibility index (Phi) is 5.64. The van der Waals surface area contributed by atoms with Crippen molar-refractivity contribution in [2.24, 2.45) is 0 Å². The van der Waals surface area contributed by atoms with Gasteiger partial charge < -0.3 is 11.1 Å². The van der Waals surface area contributed by atoms with Crippen molar-refractivity contribution >= 4 is 50.7 Å². The molecule has 2 aromatic heterocycles. The molecule has 152 valence electrons. The van der Waals surface area contributed by atoms with E-state index in [2.05, 4.69) is 15.3 Å². The largest absolute Gasteiger partial charge is 0.383 e. The molecule has 0 unspecified atom stereocenters. The minimum Gasteiger partial charge on any atom is -0.383 e. The van der Waals surface area contributed by atoms with Crippen molar-refractivity contribution in [3.8, 4) is 0 Å². The summed E-state index contributed by atoms with van der Waals surface area (Å²) in [5, 5.41) is 3.47. The zero-order chi connectivity index (χ0) is 20.5. The van der Waals surface area contributed by atoms with Crippen LogP contribution in [0.1, 0.15) is 29.7 Å². The average molecular weight is 439 g/mol. The highest BCUT2D eigenvalue weighted by molar-refractivity contribution is 7.99. The van der Waals surface area contributed by atoms with Crippen LogP contribution in [-0.2, 0) is 17.6 Å². The Bertz CT molecular complexity index is 1100. The van der Waals surface area contributed by atoms with Gasteiger partial charge in [0, 0.05) is 4.88 Å². The van der Waals surface area contributed by atoms with Gasteiger partial charge in [0.2, 0.25) is 5.91 Å². The summed E-state index contributed by atoms with van der Waals surface area (Å²) in [4.78, 5) is 23.0. The van der Waals surface area contributed by atoms with E-state index in [1.54, 1.807) is 11.3 Å². The van der Waals surface area contributed by atoms with Crippen molar-refractivity contribution < 1.29 is 18.0 Å². The fraction of sp³-hybridized carbons (Fsp3) is 0.316. The number of aryl methyl sites for hydroxylation is 2. The molecular weight excluding hydrogens is 421 g/mol. The fourth-order valence-electron chi connectivity index (χ4n) is 3.35. The van der Waals surface area contributed by atoms with Gasteiger partial charge in [-0.3, -0.25) is 4.79 Å². The van der Waals surface area contributed by atoms with E-state index < -0.39 is 29.0 Å². The Morgan fingerprint density at radius 3 is 2.76 bits per heavy atom. The molecule has 0 saturated carbocycles. The highest BCUT2D eigenvalue weighted by atomic mass is 32.2. The van der Waals surface area contributed by atoms with Crippen molar-refractivity contribution in [2.45, 2.75) is 37.3 Å². The van der Waals surface area contributed by atoms with Gasteiger partial charge in [-0.2, -0.15) is 0 Å². The molecule has 3 aromatic rings. The molecule has 0 radical (unpaired) electrons. The standard InChI is InChI=1S/C19H17F3N4OS2/c20-10-6-7-11(16(22)15(10)21)24-13(27)8-28-19-25-17(23)14-9-4-2-1-3-5-12(9)29-18(14)26-19/h6-7H,1-5,8H2,(H,24,27)(H2,23,25,26). The first-order valence-electron chi connectivity index (χ1n) is 9.08. The molecule has 3 N–H and O–H groups in total. The van der Waals surface area contributed by atoms with E-state index in [4.69, 9.17) is 5.73 Å². The summed E-state index contributed by atoms with van der Waals surface area (Å²) >= 11 is 2.65. The number of nitrogens with two attached hydrogens (primary N) is 1. The highest BCUT2D eigenvalue weighted by Gasteiger charge is 2.20. The van der Waals surface area contributed by atoms with Crippen LogP contribution >= 0.6 is 23.1 Å². The summed E-state index contributed by atoms with van der Waals surface area (Å²) < 4.78 is 39.9. The van der Waals surface area contributed by atoms with E-state index in [-0.39, 0.29) is 5.75 Å². The number of benzene rings is 1. The summed E-state index contributed by atoms with van der Waals surface area (Å²) in [5.41, 5.74) is 6.99. The maximum atomic E-state index is 13.7. The molecule has 0 bridgehead atoms. The summed E-state index contributed by atoms with van der Waals surface area (Å²) in [5.74, 6) is -4.72. The third-order valence-electron chi connectivity index (χ3n) is 4.71. The van der Waals surface area contributed by atoms with Gasteiger partial charge >= 0.3 is 0 Å². The van der Waals surface area contributed by atoms with Gasteiger partial charge in [0.05, 0.1) is 16.8 Å². The molecule has 5 nitrogen and oxygen atoms in total. The monoisotopic (exact) mass is 438 g/mol. The van der Waals surface area contributed by atoms with E-state index in [1.807, 2.05) is 0 Å². The predicted octanol–water partition coefficient (Wildman–Crippen LogP) is 4.69. The number of thiophene rings is 1. The molecule has 1 aliphatic rings. The molecule has 0 spiro atoms. The number of aromatic nitrogens is 2. The summed E-state index contributed by atoms with van der Waals surface area (Å²) in [7, 11) is 0. The van der Waals surface area contributed by atoms with Crippen molar-refractivity contribution in [3.05, 3.63) is 40.0 Å². The molecule has 0 fully saturated rings. The number of amides is 1. The lowest BCUT2D eigenvalue weighted by atomic mass is 10.1. The predicted molar refractivity (Wildman–Crippen MR) is 109 cm³/mol. The Morgan fingerprint density at radius 1 is 1.14 bits per heavy atom. The van der Waals surface area contributed by atoms with E-state index >= 15 is 0 Å². The molecule has 1 aliphatic carbocycles. The van der Waals surface area contributed by atoms with Crippen LogP contribution in [0.4, 0.5) is 24.7 Å². The van der Waals surface area contributed by atoms with Gasteiger partial charge in [-0.15, -0.1) is 11.3 Å². The number of nitrogen functional groups attached to an aromatic ring is 1. The van der Waals surface area contributed by atoms with Crippen molar-refractivity contribution in [1.29, 1.82) is 0 Å². The van der Waals surface area contributed by atoms with E-state index in [0.717, 1.165) is 59.8 Å². The molecular formula is C19H17F3N4OS2. The number of fused-ring (bicyclic) bond motifs is 3. The topological polar surface area (TPSA) is 80.9 Å². The van der Waals surface area contributed by atoms with Crippen LogP contribution in [0.15, 0.2) is 17.3 Å². The number of thioether (sulfide) groups is 1. The van der Waals surface area contributed by atoms with Crippen LogP contribution in [0.3, 0.4) is 0 Å². The first kappa shape index (κ1) is 20.0. The number of carbonyl (C=O) groups is 1. The molecule has 29 heavy (non-hydrogen) atoms. The van der Waals surface area contributed by atoms with Crippen molar-refractivity contribution in [2.75, 3.05) is 16.8 Å². The minimum atomic E-state index is -1.63. The molecule has 0 aliphatic heterocycles. The number of hydrogen-bond donors (Lipinski definition) is 2. The van der Waals surface area contributed by atoms with Crippen LogP contribution in [0.5, 0.6) is 0 Å². The molecule has 1 amide bonds. The smallest absolute Gasteiger partial charge is 0.234 e. The molecule has 2 heterocycles. The molecule has 0 atom stereocenters. The van der Waals surface area contributed by atoms with E-state index in [9.17, 15) is 18.0 Å². The second kappa shape index (κ2) is 8.19. The summed E-state index contributed by atoms with van der Waals surface area (Å²) in [6, 6.07) is 1.72. The molecule has 10 heteroatoms. The first-order chi connectivity index (χ1) is 13.9. The Morgan fingerprint density at radius 2 is 1.93 bits per heavy atom. The third kappa shape index (κ3) is 4.04. The van der Waals surface area contributed by atoms with Gasteiger partial charge in [0.25, 0.3) is 0 Å². The quantitative estimate of drug-likeness (QED) is 0.267. The maximum Gasteiger partial charge on any atom is 0.234 e. The van der Waals surface area contributed by atoms with Crippen LogP contribution < -0.4 is 11.1 Å². The first-order valence-corrected chi connectivity index (χ1v) is 10.9. The number of halogens is 3. The van der Waals surface area contributed by atoms with Crippen LogP contribution in [0.2, 0.25) is 0 Å². The Hall–Kier alpha value is -2.33. The highest BCUT2D eigenvalue weighted by Crippen LogP contribution is 2.38. The second-order valence-corrected chi connectivity index (χ2v) is 8.72. The van der Waals surface area contributed by atoms with Crippen LogP contribution in [0, 0.1) is 17.5 Å². The fourth-order valence-corrected chi connectivity index (χ4v) is 5.32. The lowest BCUT2D eigenvalue weighted by molar-refractivity contribution is -0.113. The number of nitrogens with zero attached hydrogens (tertiary/aromatic N) is 2. The Balaban J connectivity index is 1.48. The lowest BCUT2D eigenvalue weighted by Crippen LogP contribution is -2.16. The van der Waals surface area contributed by atoms with E-state index in [0.29, 0.717) is 11.0 Å². The van der Waals surface area contributed by atoms with Crippen LogP contribution in [-0.4, -0.2) is 21.6 Å². The molecule has 1 aromatic carbocycles. The van der Waals surface area contributed by atoms with Crippen LogP contribution in [0.25, 0.3) is 10.2 Å². The molecule has 4 rings (SSSR count). The normalized spacial score (nSPS) is 13.9. The number of rotatable bonds is 4.